The highest BCUT2D eigenvalue weighted by Gasteiger charge is 2.24. The standard InChI is InChI=1S/C46H40/c1-32-14-5-9-25-43-39-22-10-6-17-34(39)20-13-21-36-19-8-12-24-42-40-23-11-7-18-35(40)26-29-44(42)46(36)41-28-27-37(30-38(41)31-45(32)43)33-15-3-2-4-16-33/h2-7,9-12,14-18,22-30,32H,8,13,19-21,31H2,1H3. The van der Waals surface area contributed by atoms with Crippen molar-refractivity contribution >= 4 is 28.0 Å². The van der Waals surface area contributed by atoms with Crippen LogP contribution in [0.25, 0.3) is 39.1 Å². The maximum atomic E-state index is 2.50. The van der Waals surface area contributed by atoms with Crippen molar-refractivity contribution in [1.29, 1.82) is 0 Å². The van der Waals surface area contributed by atoms with Crippen LogP contribution in [0.15, 0.2) is 151 Å². The molecule has 0 saturated carbocycles. The van der Waals surface area contributed by atoms with E-state index in [2.05, 4.69) is 153 Å². The van der Waals surface area contributed by atoms with Crippen molar-refractivity contribution in [3.63, 3.8) is 0 Å². The summed E-state index contributed by atoms with van der Waals surface area (Å²) in [4.78, 5) is 0. The molecule has 46 heavy (non-hydrogen) atoms. The molecule has 0 spiro atoms. The third-order valence-corrected chi connectivity index (χ3v) is 10.3. The fourth-order valence-electron chi connectivity index (χ4n) is 7.92. The van der Waals surface area contributed by atoms with Crippen molar-refractivity contribution in [2.45, 2.75) is 45.4 Å². The highest BCUT2D eigenvalue weighted by atomic mass is 14.3. The summed E-state index contributed by atoms with van der Waals surface area (Å²) in [6.45, 7) is 2.38. The van der Waals surface area contributed by atoms with E-state index >= 15 is 0 Å². The Bertz CT molecular complexity index is 2090. The van der Waals surface area contributed by atoms with Crippen LogP contribution in [0, 0.1) is 5.92 Å². The molecule has 8 rings (SSSR count). The zero-order chi connectivity index (χ0) is 30.9. The maximum absolute atomic E-state index is 2.50. The smallest absolute Gasteiger partial charge is 0.00360 e. The van der Waals surface area contributed by atoms with Gasteiger partial charge in [0.1, 0.15) is 0 Å². The molecule has 5 aromatic rings. The van der Waals surface area contributed by atoms with Crippen molar-refractivity contribution in [3.05, 3.63) is 184 Å². The summed E-state index contributed by atoms with van der Waals surface area (Å²) in [7, 11) is 0. The van der Waals surface area contributed by atoms with Crippen molar-refractivity contribution < 1.29 is 0 Å². The fraction of sp³-hybridized carbons (Fsp3) is 0.174. The molecule has 0 amide bonds. The Morgan fingerprint density at radius 3 is 2.37 bits per heavy atom. The number of aryl methyl sites for hydroxylation is 1. The molecule has 0 radical (unpaired) electrons. The van der Waals surface area contributed by atoms with Crippen LogP contribution in [0.2, 0.25) is 0 Å². The first-order chi connectivity index (χ1) is 22.7. The van der Waals surface area contributed by atoms with Crippen molar-refractivity contribution in [2.24, 2.45) is 5.92 Å². The molecule has 0 aromatic heterocycles. The van der Waals surface area contributed by atoms with Crippen molar-refractivity contribution in [3.8, 4) is 11.1 Å². The third-order valence-electron chi connectivity index (χ3n) is 10.3. The number of fused-ring (bicyclic) bond motifs is 8. The van der Waals surface area contributed by atoms with Gasteiger partial charge < -0.3 is 0 Å². The molecule has 224 valence electrons. The summed E-state index contributed by atoms with van der Waals surface area (Å²) in [5, 5.41) is 2.64. The molecule has 0 N–H and O–H groups in total. The molecule has 0 heteroatoms. The van der Waals surface area contributed by atoms with Crippen LogP contribution in [-0.2, 0) is 12.8 Å². The van der Waals surface area contributed by atoms with E-state index in [9.17, 15) is 0 Å². The second-order valence-corrected chi connectivity index (χ2v) is 13.1. The zero-order valence-electron chi connectivity index (χ0n) is 26.7. The summed E-state index contributed by atoms with van der Waals surface area (Å²) < 4.78 is 0. The van der Waals surface area contributed by atoms with Crippen LogP contribution < -0.4 is 0 Å². The largest absolute Gasteiger partial charge is 0.0836 e. The molecule has 3 aliphatic rings. The first kappa shape index (κ1) is 28.5. The van der Waals surface area contributed by atoms with E-state index in [0.717, 1.165) is 38.5 Å². The molecule has 0 bridgehead atoms. The predicted molar refractivity (Wildman–Crippen MR) is 198 cm³/mol. The summed E-state index contributed by atoms with van der Waals surface area (Å²) >= 11 is 0. The number of hydrogen-bond donors (Lipinski definition) is 0. The fourth-order valence-corrected chi connectivity index (χ4v) is 7.92. The van der Waals surface area contributed by atoms with E-state index in [1.807, 2.05) is 0 Å². The molecule has 0 nitrogen and oxygen atoms in total. The number of allylic oxidation sites excluding steroid dienone is 8. The van der Waals surface area contributed by atoms with Gasteiger partial charge in [0.05, 0.1) is 0 Å². The van der Waals surface area contributed by atoms with Crippen LogP contribution in [0.3, 0.4) is 0 Å². The summed E-state index contributed by atoms with van der Waals surface area (Å²) in [5.41, 5.74) is 16.9. The Morgan fingerprint density at radius 2 is 1.43 bits per heavy atom. The van der Waals surface area contributed by atoms with Gasteiger partial charge in [-0.3, -0.25) is 0 Å². The van der Waals surface area contributed by atoms with E-state index in [-0.39, 0.29) is 0 Å². The highest BCUT2D eigenvalue weighted by Crippen LogP contribution is 2.43. The quantitative estimate of drug-likeness (QED) is 0.182. The second kappa shape index (κ2) is 12.5. The molecule has 0 fully saturated rings. The van der Waals surface area contributed by atoms with Gasteiger partial charge >= 0.3 is 0 Å². The van der Waals surface area contributed by atoms with E-state index in [1.165, 1.54) is 72.0 Å². The first-order valence-corrected chi connectivity index (χ1v) is 17.0. The van der Waals surface area contributed by atoms with E-state index in [1.54, 1.807) is 5.57 Å². The van der Waals surface area contributed by atoms with Crippen LogP contribution in [0.5, 0.6) is 0 Å². The molecule has 1 unspecified atom stereocenters. The van der Waals surface area contributed by atoms with Gasteiger partial charge in [-0.25, -0.2) is 0 Å². The Labute approximate surface area is 273 Å². The van der Waals surface area contributed by atoms with Gasteiger partial charge in [-0.05, 0) is 111 Å². The summed E-state index contributed by atoms with van der Waals surface area (Å²) in [6.07, 6.45) is 20.4. The average molecular weight is 593 g/mol. The van der Waals surface area contributed by atoms with Crippen LogP contribution >= 0.6 is 0 Å². The van der Waals surface area contributed by atoms with E-state index in [4.69, 9.17) is 0 Å². The number of hydrogen-bond acceptors (Lipinski definition) is 0. The Kier molecular flexibility index (Phi) is 7.72. The van der Waals surface area contributed by atoms with Crippen molar-refractivity contribution in [1.82, 2.24) is 0 Å². The topological polar surface area (TPSA) is 0 Å². The third kappa shape index (κ3) is 5.33. The van der Waals surface area contributed by atoms with E-state index < -0.39 is 0 Å². The molecule has 3 aliphatic carbocycles. The molecular weight excluding hydrogens is 553 g/mol. The summed E-state index contributed by atoms with van der Waals surface area (Å²) in [6, 6.07) is 41.0. The lowest BCUT2D eigenvalue weighted by Gasteiger charge is -2.26. The molecule has 5 aromatic carbocycles. The number of benzene rings is 5. The zero-order valence-corrected chi connectivity index (χ0v) is 26.7. The minimum atomic E-state index is 0.333. The lowest BCUT2D eigenvalue weighted by molar-refractivity contribution is 0.770. The summed E-state index contributed by atoms with van der Waals surface area (Å²) in [5.74, 6) is 0.333. The van der Waals surface area contributed by atoms with Gasteiger partial charge in [0, 0.05) is 0 Å². The highest BCUT2D eigenvalue weighted by molar-refractivity contribution is 5.99. The molecule has 0 saturated heterocycles. The minimum absolute atomic E-state index is 0.333. The maximum Gasteiger partial charge on any atom is -0.00360 e. The second-order valence-electron chi connectivity index (χ2n) is 13.1. The van der Waals surface area contributed by atoms with E-state index in [0.29, 0.717) is 5.92 Å². The van der Waals surface area contributed by atoms with Crippen LogP contribution in [0.1, 0.15) is 66.0 Å². The molecular formula is C46H40. The van der Waals surface area contributed by atoms with Crippen molar-refractivity contribution in [2.75, 3.05) is 0 Å². The lowest BCUT2D eigenvalue weighted by Crippen LogP contribution is -2.09. The van der Waals surface area contributed by atoms with Crippen LogP contribution in [-0.4, -0.2) is 0 Å². The van der Waals surface area contributed by atoms with Gasteiger partial charge in [-0.2, -0.15) is 0 Å². The van der Waals surface area contributed by atoms with Gasteiger partial charge in [0.2, 0.25) is 0 Å². The van der Waals surface area contributed by atoms with Gasteiger partial charge in [0.25, 0.3) is 0 Å². The first-order valence-electron chi connectivity index (χ1n) is 17.0. The Balaban J connectivity index is 1.43. The Morgan fingerprint density at radius 1 is 0.609 bits per heavy atom. The van der Waals surface area contributed by atoms with Gasteiger partial charge in [-0.15, -0.1) is 0 Å². The normalized spacial score (nSPS) is 17.8. The van der Waals surface area contributed by atoms with Gasteiger partial charge in [0.15, 0.2) is 0 Å². The Hall–Kier alpha value is -4.94. The number of rotatable bonds is 1. The molecule has 1 atom stereocenters. The SMILES string of the molecule is CC1C=CC=CC2=C1Cc1cc(-c3ccccc3)ccc1C1=C(CCC=Cc3c1ccc1ccccc31)CCCc1ccccc12. The predicted octanol–water partition coefficient (Wildman–Crippen LogP) is 12.2. The van der Waals surface area contributed by atoms with Crippen LogP contribution in [0.4, 0.5) is 0 Å². The monoisotopic (exact) mass is 592 g/mol. The van der Waals surface area contributed by atoms with Gasteiger partial charge in [-0.1, -0.05) is 164 Å². The average Bonchev–Trinajstić information content (AvgIpc) is 3.27. The minimum Gasteiger partial charge on any atom is -0.0836 e. The molecule has 0 heterocycles. The lowest BCUT2D eigenvalue weighted by atomic mass is 9.78. The molecule has 0 aliphatic heterocycles.